The van der Waals surface area contributed by atoms with Gasteiger partial charge in [-0.2, -0.15) is 0 Å². The summed E-state index contributed by atoms with van der Waals surface area (Å²) < 4.78 is 1.94. The monoisotopic (exact) mass is 476 g/mol. The van der Waals surface area contributed by atoms with Gasteiger partial charge in [0.05, 0.1) is 6.54 Å². The average Bonchev–Trinajstić information content (AvgIpc) is 3.06. The van der Waals surface area contributed by atoms with Crippen LogP contribution in [0.1, 0.15) is 36.7 Å². The zero-order chi connectivity index (χ0) is 18.5. The SMILES string of the molecule is Cc1nccn1-c1ccc(CN=C(N)Nc2cccc(C(C)C)c2)cn1.I. The third-order valence-corrected chi connectivity index (χ3v) is 4.14. The molecule has 1 aromatic carbocycles. The molecule has 3 N–H and O–H groups in total. The molecule has 0 radical (unpaired) electrons. The molecule has 0 aliphatic rings. The summed E-state index contributed by atoms with van der Waals surface area (Å²) in [6.07, 6.45) is 5.46. The molecule has 0 atom stereocenters. The van der Waals surface area contributed by atoms with E-state index in [9.17, 15) is 0 Å². The van der Waals surface area contributed by atoms with Crippen LogP contribution in [0.3, 0.4) is 0 Å². The lowest BCUT2D eigenvalue weighted by molar-refractivity contribution is 0.867. The van der Waals surface area contributed by atoms with Gasteiger partial charge in [0.1, 0.15) is 11.6 Å². The predicted octanol–water partition coefficient (Wildman–Crippen LogP) is 4.24. The molecule has 0 amide bonds. The van der Waals surface area contributed by atoms with Gasteiger partial charge in [0.25, 0.3) is 0 Å². The lowest BCUT2D eigenvalue weighted by atomic mass is 10.0. The van der Waals surface area contributed by atoms with Crippen LogP contribution >= 0.6 is 24.0 Å². The Morgan fingerprint density at radius 2 is 2.04 bits per heavy atom. The van der Waals surface area contributed by atoms with Gasteiger partial charge < -0.3 is 11.1 Å². The molecule has 0 spiro atoms. The zero-order valence-electron chi connectivity index (χ0n) is 15.8. The first-order valence-corrected chi connectivity index (χ1v) is 8.65. The van der Waals surface area contributed by atoms with Crippen molar-refractivity contribution in [1.82, 2.24) is 14.5 Å². The summed E-state index contributed by atoms with van der Waals surface area (Å²) in [4.78, 5) is 13.1. The molecule has 7 heteroatoms. The first kappa shape index (κ1) is 20.9. The molecule has 0 saturated carbocycles. The summed E-state index contributed by atoms with van der Waals surface area (Å²) in [5.74, 6) is 2.60. The maximum Gasteiger partial charge on any atom is 0.193 e. The zero-order valence-corrected chi connectivity index (χ0v) is 18.1. The van der Waals surface area contributed by atoms with Crippen molar-refractivity contribution >= 4 is 35.6 Å². The molecule has 142 valence electrons. The van der Waals surface area contributed by atoms with Crippen molar-refractivity contribution in [2.45, 2.75) is 33.2 Å². The Morgan fingerprint density at radius 1 is 1.22 bits per heavy atom. The molecular weight excluding hydrogens is 451 g/mol. The van der Waals surface area contributed by atoms with Gasteiger partial charge in [-0.3, -0.25) is 4.57 Å². The number of hydrogen-bond acceptors (Lipinski definition) is 3. The largest absolute Gasteiger partial charge is 0.370 e. The highest BCUT2D eigenvalue weighted by atomic mass is 127. The number of nitrogens with zero attached hydrogens (tertiary/aromatic N) is 4. The minimum Gasteiger partial charge on any atom is -0.370 e. The second-order valence-corrected chi connectivity index (χ2v) is 6.48. The molecule has 3 rings (SSSR count). The lowest BCUT2D eigenvalue weighted by Gasteiger charge is -2.10. The van der Waals surface area contributed by atoms with Gasteiger partial charge in [0.15, 0.2) is 5.96 Å². The topological polar surface area (TPSA) is 81.1 Å². The van der Waals surface area contributed by atoms with Crippen LogP contribution in [-0.4, -0.2) is 20.5 Å². The number of aliphatic imine (C=N–C) groups is 1. The number of aryl methyl sites for hydroxylation is 1. The number of imidazole rings is 1. The summed E-state index contributed by atoms with van der Waals surface area (Å²) in [6.45, 7) is 6.75. The van der Waals surface area contributed by atoms with Gasteiger partial charge >= 0.3 is 0 Å². The minimum atomic E-state index is 0. The molecule has 0 aliphatic carbocycles. The quantitative estimate of drug-likeness (QED) is 0.328. The number of benzene rings is 1. The van der Waals surface area contributed by atoms with Crippen LogP contribution in [0.15, 0.2) is 60.0 Å². The number of guanidine groups is 1. The summed E-state index contributed by atoms with van der Waals surface area (Å²) in [6, 6.07) is 12.2. The molecule has 2 heterocycles. The van der Waals surface area contributed by atoms with Crippen LogP contribution in [0.5, 0.6) is 0 Å². The number of anilines is 1. The Hall–Kier alpha value is -2.42. The molecule has 0 fully saturated rings. The van der Waals surface area contributed by atoms with Gasteiger partial charge in [-0.25, -0.2) is 15.0 Å². The minimum absolute atomic E-state index is 0. The number of halogens is 1. The molecule has 6 nitrogen and oxygen atoms in total. The van der Waals surface area contributed by atoms with E-state index in [4.69, 9.17) is 5.73 Å². The maximum atomic E-state index is 6.01. The fourth-order valence-electron chi connectivity index (χ4n) is 2.61. The summed E-state index contributed by atoms with van der Waals surface area (Å²) in [5, 5.41) is 3.14. The fourth-order valence-corrected chi connectivity index (χ4v) is 2.61. The van der Waals surface area contributed by atoms with Crippen molar-refractivity contribution in [3.05, 3.63) is 71.9 Å². The molecule has 0 saturated heterocycles. The summed E-state index contributed by atoms with van der Waals surface area (Å²) in [7, 11) is 0. The van der Waals surface area contributed by atoms with Gasteiger partial charge in [0.2, 0.25) is 0 Å². The van der Waals surface area contributed by atoms with E-state index in [1.807, 2.05) is 48.1 Å². The van der Waals surface area contributed by atoms with E-state index in [0.717, 1.165) is 22.9 Å². The Kier molecular flexibility index (Phi) is 7.35. The molecular formula is C20H25IN6. The van der Waals surface area contributed by atoms with Crippen molar-refractivity contribution in [1.29, 1.82) is 0 Å². The first-order valence-electron chi connectivity index (χ1n) is 8.65. The van der Waals surface area contributed by atoms with Crippen molar-refractivity contribution in [3.63, 3.8) is 0 Å². The highest BCUT2D eigenvalue weighted by molar-refractivity contribution is 14.0. The van der Waals surface area contributed by atoms with E-state index in [1.165, 1.54) is 5.56 Å². The van der Waals surface area contributed by atoms with E-state index in [2.05, 4.69) is 46.3 Å². The van der Waals surface area contributed by atoms with Gasteiger partial charge in [-0.1, -0.05) is 32.0 Å². The predicted molar refractivity (Wildman–Crippen MR) is 121 cm³/mol. The maximum absolute atomic E-state index is 6.01. The molecule has 0 unspecified atom stereocenters. The second kappa shape index (κ2) is 9.50. The van der Waals surface area contributed by atoms with E-state index < -0.39 is 0 Å². The highest BCUT2D eigenvalue weighted by Gasteiger charge is 2.03. The molecule has 0 aliphatic heterocycles. The molecule has 3 aromatic rings. The summed E-state index contributed by atoms with van der Waals surface area (Å²) >= 11 is 0. The third-order valence-electron chi connectivity index (χ3n) is 4.14. The average molecular weight is 476 g/mol. The standard InChI is InChI=1S/C20H24N6.HI/c1-14(2)17-5-4-6-18(11-17)25-20(21)24-13-16-7-8-19(23-12-16)26-10-9-22-15(26)3;/h4-12,14H,13H2,1-3H3,(H3,21,24,25);1H. The summed E-state index contributed by atoms with van der Waals surface area (Å²) in [5.41, 5.74) is 9.21. The van der Waals surface area contributed by atoms with E-state index >= 15 is 0 Å². The van der Waals surface area contributed by atoms with Crippen molar-refractivity contribution in [3.8, 4) is 5.82 Å². The van der Waals surface area contributed by atoms with Gasteiger partial charge in [0, 0.05) is 24.3 Å². The Balaban J connectivity index is 0.00000261. The molecule has 0 bridgehead atoms. The van der Waals surface area contributed by atoms with Gasteiger partial charge in [-0.05, 0) is 42.2 Å². The Bertz CT molecular complexity index is 899. The fraction of sp³-hybridized carbons (Fsp3) is 0.250. The van der Waals surface area contributed by atoms with Crippen LogP contribution in [0.2, 0.25) is 0 Å². The number of aromatic nitrogens is 3. The van der Waals surface area contributed by atoms with Crippen molar-refractivity contribution < 1.29 is 0 Å². The molecule has 2 aromatic heterocycles. The first-order chi connectivity index (χ1) is 12.5. The number of nitrogens with two attached hydrogens (primary N) is 1. The Labute approximate surface area is 177 Å². The van der Waals surface area contributed by atoms with Gasteiger partial charge in [-0.15, -0.1) is 24.0 Å². The second-order valence-electron chi connectivity index (χ2n) is 6.48. The number of hydrogen-bond donors (Lipinski definition) is 2. The van der Waals surface area contributed by atoms with E-state index in [1.54, 1.807) is 6.20 Å². The smallest absolute Gasteiger partial charge is 0.193 e. The number of rotatable bonds is 5. The highest BCUT2D eigenvalue weighted by Crippen LogP contribution is 2.18. The van der Waals surface area contributed by atoms with Crippen LogP contribution in [-0.2, 0) is 6.54 Å². The van der Waals surface area contributed by atoms with E-state index in [0.29, 0.717) is 18.4 Å². The number of pyridine rings is 1. The normalized spacial score (nSPS) is 11.3. The van der Waals surface area contributed by atoms with Crippen LogP contribution in [0.4, 0.5) is 5.69 Å². The molecule has 27 heavy (non-hydrogen) atoms. The Morgan fingerprint density at radius 3 is 2.67 bits per heavy atom. The van der Waals surface area contributed by atoms with Crippen LogP contribution < -0.4 is 11.1 Å². The lowest BCUT2D eigenvalue weighted by Crippen LogP contribution is -2.22. The van der Waals surface area contributed by atoms with Crippen molar-refractivity contribution in [2.75, 3.05) is 5.32 Å². The van der Waals surface area contributed by atoms with Crippen LogP contribution in [0.25, 0.3) is 5.82 Å². The number of nitrogens with one attached hydrogen (secondary N) is 1. The van der Waals surface area contributed by atoms with Crippen LogP contribution in [0, 0.1) is 6.92 Å². The van der Waals surface area contributed by atoms with Crippen molar-refractivity contribution in [2.24, 2.45) is 10.7 Å². The van der Waals surface area contributed by atoms with E-state index in [-0.39, 0.29) is 24.0 Å². The third kappa shape index (κ3) is 5.53.